The van der Waals surface area contributed by atoms with Crippen LogP contribution >= 0.6 is 0 Å². The molecule has 138 valence electrons. The minimum atomic E-state index is 0.0811. The third-order valence-corrected chi connectivity index (χ3v) is 4.52. The molecule has 2 aromatic carbocycles. The maximum Gasteiger partial charge on any atom is 0.222 e. The van der Waals surface area contributed by atoms with E-state index in [0.29, 0.717) is 18.7 Å². The van der Waals surface area contributed by atoms with E-state index in [1.165, 1.54) is 7.11 Å². The zero-order valence-corrected chi connectivity index (χ0v) is 15.1. The van der Waals surface area contributed by atoms with Gasteiger partial charge in [0.25, 0.3) is 0 Å². The third kappa shape index (κ3) is 3.98. The highest BCUT2D eigenvalue weighted by Crippen LogP contribution is 2.33. The smallest absolute Gasteiger partial charge is 0.222 e. The first-order valence-corrected chi connectivity index (χ1v) is 8.63. The summed E-state index contributed by atoms with van der Waals surface area (Å²) in [7, 11) is 3.16. The number of methoxy groups -OCH3 is 2. The molecule has 6 nitrogen and oxygen atoms in total. The van der Waals surface area contributed by atoms with Gasteiger partial charge in [-0.3, -0.25) is 10.0 Å². The van der Waals surface area contributed by atoms with Crippen LogP contribution in [0.25, 0.3) is 11.1 Å². The number of nitrogens with zero attached hydrogens (tertiary/aromatic N) is 2. The van der Waals surface area contributed by atoms with Crippen LogP contribution in [0.4, 0.5) is 5.69 Å². The van der Waals surface area contributed by atoms with Crippen molar-refractivity contribution in [2.24, 2.45) is 0 Å². The molecular formula is C20H24N2O4. The number of rotatable bonds is 7. The second-order valence-electron chi connectivity index (χ2n) is 6.32. The van der Waals surface area contributed by atoms with E-state index in [0.717, 1.165) is 40.5 Å². The van der Waals surface area contributed by atoms with Gasteiger partial charge in [0.1, 0.15) is 12.5 Å². The van der Waals surface area contributed by atoms with Crippen LogP contribution in [-0.4, -0.2) is 43.5 Å². The van der Waals surface area contributed by atoms with Gasteiger partial charge in [0, 0.05) is 32.2 Å². The van der Waals surface area contributed by atoms with Gasteiger partial charge in [0.15, 0.2) is 0 Å². The van der Waals surface area contributed by atoms with Crippen LogP contribution < -0.4 is 9.80 Å². The predicted molar refractivity (Wildman–Crippen MR) is 99.2 cm³/mol. The van der Waals surface area contributed by atoms with Gasteiger partial charge < -0.3 is 14.4 Å². The Labute approximate surface area is 153 Å². The zero-order chi connectivity index (χ0) is 18.5. The fraction of sp³-hybridized carbons (Fsp3) is 0.350. The molecule has 0 bridgehead atoms. The Morgan fingerprint density at radius 1 is 1.19 bits per heavy atom. The number of benzene rings is 2. The van der Waals surface area contributed by atoms with Crippen molar-refractivity contribution >= 4 is 11.6 Å². The van der Waals surface area contributed by atoms with E-state index < -0.39 is 0 Å². The average Bonchev–Trinajstić information content (AvgIpc) is 3.06. The lowest BCUT2D eigenvalue weighted by molar-refractivity contribution is -0.128. The van der Waals surface area contributed by atoms with Crippen molar-refractivity contribution in [2.75, 3.05) is 32.6 Å². The summed E-state index contributed by atoms with van der Waals surface area (Å²) >= 11 is 0. The first-order valence-electron chi connectivity index (χ1n) is 8.63. The molecule has 26 heavy (non-hydrogen) atoms. The quantitative estimate of drug-likeness (QED) is 0.609. The Balaban J connectivity index is 1.91. The Kier molecular flexibility index (Phi) is 5.75. The van der Waals surface area contributed by atoms with Crippen LogP contribution in [-0.2, 0) is 16.1 Å². The second kappa shape index (κ2) is 8.21. The molecule has 1 amide bonds. The molecule has 1 N–H and O–H groups in total. The number of hydrogen-bond donors (Lipinski definition) is 1. The summed E-state index contributed by atoms with van der Waals surface area (Å²) in [5.41, 5.74) is 3.53. The summed E-state index contributed by atoms with van der Waals surface area (Å²) in [6.07, 6.45) is 1.56. The Hall–Kier alpha value is -2.57. The first-order chi connectivity index (χ1) is 12.6. The SMILES string of the molecule is COCN(O)c1cccc(-c2cc(CN3CCCC3=O)ccc2OC)c1. The molecule has 1 fully saturated rings. The van der Waals surface area contributed by atoms with Gasteiger partial charge in [-0.15, -0.1) is 0 Å². The summed E-state index contributed by atoms with van der Waals surface area (Å²) in [4.78, 5) is 13.8. The van der Waals surface area contributed by atoms with Crippen molar-refractivity contribution in [3.05, 3.63) is 48.0 Å². The van der Waals surface area contributed by atoms with Crippen molar-refractivity contribution in [3.8, 4) is 16.9 Å². The number of hydrogen-bond acceptors (Lipinski definition) is 5. The number of carbonyl (C=O) groups is 1. The summed E-state index contributed by atoms with van der Waals surface area (Å²) in [5, 5.41) is 11.1. The van der Waals surface area contributed by atoms with Crippen LogP contribution in [0.2, 0.25) is 0 Å². The highest BCUT2D eigenvalue weighted by molar-refractivity contribution is 5.78. The summed E-state index contributed by atoms with van der Waals surface area (Å²) in [6.45, 7) is 1.50. The molecule has 2 aromatic rings. The minimum absolute atomic E-state index is 0.0811. The maximum atomic E-state index is 11.9. The van der Waals surface area contributed by atoms with Gasteiger partial charge >= 0.3 is 0 Å². The number of anilines is 1. The predicted octanol–water partition coefficient (Wildman–Crippen LogP) is 3.28. The van der Waals surface area contributed by atoms with E-state index in [-0.39, 0.29) is 12.6 Å². The molecule has 1 saturated heterocycles. The van der Waals surface area contributed by atoms with E-state index in [1.807, 2.05) is 47.4 Å². The number of likely N-dealkylation sites (tertiary alicyclic amines) is 1. The molecule has 0 spiro atoms. The maximum absolute atomic E-state index is 11.9. The molecule has 1 heterocycles. The van der Waals surface area contributed by atoms with E-state index in [4.69, 9.17) is 9.47 Å². The fourth-order valence-electron chi connectivity index (χ4n) is 3.20. The molecule has 0 saturated carbocycles. The van der Waals surface area contributed by atoms with Gasteiger partial charge in [0.2, 0.25) is 5.91 Å². The molecule has 0 aliphatic carbocycles. The van der Waals surface area contributed by atoms with Crippen molar-refractivity contribution in [1.82, 2.24) is 4.90 Å². The minimum Gasteiger partial charge on any atom is -0.496 e. The van der Waals surface area contributed by atoms with E-state index in [9.17, 15) is 10.0 Å². The topological polar surface area (TPSA) is 62.2 Å². The van der Waals surface area contributed by atoms with E-state index in [1.54, 1.807) is 7.11 Å². The summed E-state index contributed by atoms with van der Waals surface area (Å²) in [6, 6.07) is 13.5. The van der Waals surface area contributed by atoms with Gasteiger partial charge in [-0.2, -0.15) is 0 Å². The zero-order valence-electron chi connectivity index (χ0n) is 15.1. The highest BCUT2D eigenvalue weighted by Gasteiger charge is 2.20. The second-order valence-corrected chi connectivity index (χ2v) is 6.32. The molecule has 0 aromatic heterocycles. The molecular weight excluding hydrogens is 332 g/mol. The van der Waals surface area contributed by atoms with Gasteiger partial charge in [-0.1, -0.05) is 18.2 Å². The standard InChI is InChI=1S/C20H24N2O4/c1-25-14-22(24)17-6-3-5-16(12-17)18-11-15(8-9-19(18)26-2)13-21-10-4-7-20(21)23/h3,5-6,8-9,11-12,24H,4,7,10,13-14H2,1-2H3. The molecule has 3 rings (SSSR count). The monoisotopic (exact) mass is 356 g/mol. The number of amides is 1. The molecule has 0 radical (unpaired) electrons. The Morgan fingerprint density at radius 3 is 2.73 bits per heavy atom. The van der Waals surface area contributed by atoms with Crippen LogP contribution in [0, 0.1) is 0 Å². The van der Waals surface area contributed by atoms with Crippen molar-refractivity contribution < 1.29 is 19.5 Å². The fourth-order valence-corrected chi connectivity index (χ4v) is 3.20. The highest BCUT2D eigenvalue weighted by atomic mass is 16.6. The van der Waals surface area contributed by atoms with Crippen LogP contribution in [0.1, 0.15) is 18.4 Å². The van der Waals surface area contributed by atoms with E-state index in [2.05, 4.69) is 0 Å². The van der Waals surface area contributed by atoms with Crippen molar-refractivity contribution in [2.45, 2.75) is 19.4 Å². The molecule has 0 unspecified atom stereocenters. The lowest BCUT2D eigenvalue weighted by atomic mass is 10.0. The number of carbonyl (C=O) groups excluding carboxylic acids is 1. The van der Waals surface area contributed by atoms with Crippen molar-refractivity contribution in [1.29, 1.82) is 0 Å². The van der Waals surface area contributed by atoms with Crippen molar-refractivity contribution in [3.63, 3.8) is 0 Å². The van der Waals surface area contributed by atoms with Gasteiger partial charge in [-0.05, 0) is 41.8 Å². The molecule has 6 heteroatoms. The Bertz CT molecular complexity index is 778. The van der Waals surface area contributed by atoms with Crippen LogP contribution in [0.5, 0.6) is 5.75 Å². The summed E-state index contributed by atoms with van der Waals surface area (Å²) in [5.74, 6) is 0.953. The largest absolute Gasteiger partial charge is 0.496 e. The molecule has 1 aliphatic rings. The number of hydroxylamine groups is 1. The normalized spacial score (nSPS) is 14.0. The molecule has 1 aliphatic heterocycles. The van der Waals surface area contributed by atoms with Crippen LogP contribution in [0.15, 0.2) is 42.5 Å². The van der Waals surface area contributed by atoms with Gasteiger partial charge in [-0.25, -0.2) is 5.06 Å². The summed E-state index contributed by atoms with van der Waals surface area (Å²) < 4.78 is 10.5. The van der Waals surface area contributed by atoms with Crippen LogP contribution in [0.3, 0.4) is 0 Å². The van der Waals surface area contributed by atoms with Gasteiger partial charge in [0.05, 0.1) is 12.8 Å². The molecule has 0 atom stereocenters. The van der Waals surface area contributed by atoms with E-state index >= 15 is 0 Å². The average molecular weight is 356 g/mol. The lowest BCUT2D eigenvalue weighted by Crippen LogP contribution is -2.23. The third-order valence-electron chi connectivity index (χ3n) is 4.52. The lowest BCUT2D eigenvalue weighted by Gasteiger charge is -2.19. The number of ether oxygens (including phenoxy) is 2. The Morgan fingerprint density at radius 2 is 2.04 bits per heavy atom. The first kappa shape index (κ1) is 18.2.